The SMILES string of the molecule is Cc1nccn1CC(C)CNC(=O)N1CCN(c2cccs2)CC1. The summed E-state index contributed by atoms with van der Waals surface area (Å²) in [7, 11) is 0. The van der Waals surface area contributed by atoms with Gasteiger partial charge in [-0.3, -0.25) is 0 Å². The van der Waals surface area contributed by atoms with E-state index in [2.05, 4.69) is 44.2 Å². The standard InChI is InChI=1S/C17H25N5OS/c1-14(13-22-6-5-18-15(22)2)12-19-17(23)21-9-7-20(8-10-21)16-4-3-11-24-16/h3-6,11,14H,7-10,12-13H2,1-2H3,(H,19,23). The summed E-state index contributed by atoms with van der Waals surface area (Å²) in [4.78, 5) is 20.8. The molecule has 1 fully saturated rings. The van der Waals surface area contributed by atoms with Crippen LogP contribution in [-0.4, -0.2) is 53.2 Å². The molecule has 1 N–H and O–H groups in total. The van der Waals surface area contributed by atoms with Crippen LogP contribution in [0.15, 0.2) is 29.9 Å². The van der Waals surface area contributed by atoms with Crippen molar-refractivity contribution in [3.05, 3.63) is 35.7 Å². The zero-order valence-electron chi connectivity index (χ0n) is 14.3. The Morgan fingerprint density at radius 3 is 2.79 bits per heavy atom. The molecule has 1 unspecified atom stereocenters. The van der Waals surface area contributed by atoms with Crippen LogP contribution < -0.4 is 10.2 Å². The predicted octanol–water partition coefficient (Wildman–Crippen LogP) is 2.42. The summed E-state index contributed by atoms with van der Waals surface area (Å²) >= 11 is 1.76. The first-order chi connectivity index (χ1) is 11.6. The Bertz CT molecular complexity index is 646. The fraction of sp³-hybridized carbons (Fsp3) is 0.529. The van der Waals surface area contributed by atoms with Crippen molar-refractivity contribution in [1.82, 2.24) is 19.8 Å². The van der Waals surface area contributed by atoms with Crippen LogP contribution in [-0.2, 0) is 6.54 Å². The van der Waals surface area contributed by atoms with E-state index in [4.69, 9.17) is 0 Å². The number of piperazine rings is 1. The second-order valence-corrected chi connectivity index (χ2v) is 7.27. The van der Waals surface area contributed by atoms with Gasteiger partial charge in [0.25, 0.3) is 0 Å². The van der Waals surface area contributed by atoms with Crippen LogP contribution in [0.25, 0.3) is 0 Å². The van der Waals surface area contributed by atoms with Gasteiger partial charge in [-0.05, 0) is 30.4 Å². The molecule has 0 bridgehead atoms. The number of hydrogen-bond acceptors (Lipinski definition) is 4. The smallest absolute Gasteiger partial charge is 0.317 e. The number of urea groups is 1. The van der Waals surface area contributed by atoms with E-state index in [9.17, 15) is 4.79 Å². The van der Waals surface area contributed by atoms with Gasteiger partial charge in [0.2, 0.25) is 0 Å². The summed E-state index contributed by atoms with van der Waals surface area (Å²) in [5, 5.41) is 6.46. The number of rotatable bonds is 5. The lowest BCUT2D eigenvalue weighted by atomic mass is 10.2. The van der Waals surface area contributed by atoms with Gasteiger partial charge in [-0.2, -0.15) is 0 Å². The van der Waals surface area contributed by atoms with Crippen molar-refractivity contribution in [3.8, 4) is 0 Å². The number of aryl methyl sites for hydroxylation is 1. The van der Waals surface area contributed by atoms with Crippen molar-refractivity contribution in [2.24, 2.45) is 5.92 Å². The lowest BCUT2D eigenvalue weighted by Crippen LogP contribution is -2.52. The zero-order valence-corrected chi connectivity index (χ0v) is 15.1. The molecule has 0 radical (unpaired) electrons. The van der Waals surface area contributed by atoms with Gasteiger partial charge < -0.3 is 19.7 Å². The molecular weight excluding hydrogens is 322 g/mol. The van der Waals surface area contributed by atoms with Gasteiger partial charge in [0, 0.05) is 51.7 Å². The second-order valence-electron chi connectivity index (χ2n) is 6.34. The number of nitrogens with one attached hydrogen (secondary N) is 1. The zero-order chi connectivity index (χ0) is 16.9. The van der Waals surface area contributed by atoms with Gasteiger partial charge in [-0.1, -0.05) is 6.92 Å². The van der Waals surface area contributed by atoms with E-state index in [-0.39, 0.29) is 6.03 Å². The Morgan fingerprint density at radius 2 is 2.17 bits per heavy atom. The topological polar surface area (TPSA) is 53.4 Å². The van der Waals surface area contributed by atoms with E-state index < -0.39 is 0 Å². The van der Waals surface area contributed by atoms with E-state index in [1.165, 1.54) is 5.00 Å². The number of aromatic nitrogens is 2. The number of hydrogen-bond donors (Lipinski definition) is 1. The van der Waals surface area contributed by atoms with Gasteiger partial charge >= 0.3 is 6.03 Å². The van der Waals surface area contributed by atoms with Crippen LogP contribution in [0.2, 0.25) is 0 Å². The number of carbonyl (C=O) groups excluding carboxylic acids is 1. The third kappa shape index (κ3) is 4.08. The molecule has 1 atom stereocenters. The van der Waals surface area contributed by atoms with Crippen LogP contribution in [0.4, 0.5) is 9.80 Å². The fourth-order valence-corrected chi connectivity index (χ4v) is 3.74. The Hall–Kier alpha value is -2.02. The molecule has 130 valence electrons. The first kappa shape index (κ1) is 16.8. The van der Waals surface area contributed by atoms with Crippen molar-refractivity contribution in [2.75, 3.05) is 37.6 Å². The molecule has 24 heavy (non-hydrogen) atoms. The largest absolute Gasteiger partial charge is 0.360 e. The van der Waals surface area contributed by atoms with Gasteiger partial charge in [-0.25, -0.2) is 9.78 Å². The molecule has 6 nitrogen and oxygen atoms in total. The highest BCUT2D eigenvalue weighted by atomic mass is 32.1. The van der Waals surface area contributed by atoms with E-state index in [0.29, 0.717) is 12.5 Å². The average molecular weight is 347 g/mol. The lowest BCUT2D eigenvalue weighted by Gasteiger charge is -2.35. The maximum atomic E-state index is 12.3. The molecule has 1 aliphatic heterocycles. The van der Waals surface area contributed by atoms with Crippen LogP contribution in [0.5, 0.6) is 0 Å². The van der Waals surface area contributed by atoms with Crippen molar-refractivity contribution in [3.63, 3.8) is 0 Å². The van der Waals surface area contributed by atoms with Crippen LogP contribution >= 0.6 is 11.3 Å². The third-order valence-corrected chi connectivity index (χ3v) is 5.35. The Labute approximate surface area is 147 Å². The summed E-state index contributed by atoms with van der Waals surface area (Å²) in [5.41, 5.74) is 0. The van der Waals surface area contributed by atoms with E-state index in [1.54, 1.807) is 11.3 Å². The number of carbonyl (C=O) groups is 1. The minimum Gasteiger partial charge on any atom is -0.360 e. The summed E-state index contributed by atoms with van der Waals surface area (Å²) in [5.74, 6) is 1.38. The summed E-state index contributed by atoms with van der Waals surface area (Å²) in [6.45, 7) is 9.06. The van der Waals surface area contributed by atoms with E-state index >= 15 is 0 Å². The molecule has 7 heteroatoms. The molecule has 2 aromatic rings. The minimum atomic E-state index is 0.0510. The van der Waals surface area contributed by atoms with Crippen LogP contribution in [0.1, 0.15) is 12.7 Å². The van der Waals surface area contributed by atoms with Crippen LogP contribution in [0, 0.1) is 12.8 Å². The van der Waals surface area contributed by atoms with Crippen molar-refractivity contribution < 1.29 is 4.79 Å². The highest BCUT2D eigenvalue weighted by molar-refractivity contribution is 7.14. The van der Waals surface area contributed by atoms with Gasteiger partial charge in [-0.15, -0.1) is 11.3 Å². The van der Waals surface area contributed by atoms with Crippen molar-refractivity contribution in [1.29, 1.82) is 0 Å². The molecular formula is C17H25N5OS. The second kappa shape index (κ2) is 7.70. The highest BCUT2D eigenvalue weighted by Crippen LogP contribution is 2.22. The number of amides is 2. The Balaban J connectivity index is 1.40. The molecule has 3 rings (SSSR count). The molecule has 0 saturated carbocycles. The van der Waals surface area contributed by atoms with Crippen molar-refractivity contribution >= 4 is 22.4 Å². The fourth-order valence-electron chi connectivity index (χ4n) is 2.95. The number of thiophene rings is 1. The van der Waals surface area contributed by atoms with Gasteiger partial charge in [0.15, 0.2) is 0 Å². The average Bonchev–Trinajstić information content (AvgIpc) is 3.25. The Morgan fingerprint density at radius 1 is 1.38 bits per heavy atom. The maximum Gasteiger partial charge on any atom is 0.317 e. The molecule has 1 aliphatic rings. The summed E-state index contributed by atoms with van der Waals surface area (Å²) in [6.07, 6.45) is 3.80. The molecule has 0 aliphatic carbocycles. The minimum absolute atomic E-state index is 0.0510. The summed E-state index contributed by atoms with van der Waals surface area (Å²) < 4.78 is 2.12. The normalized spacial score (nSPS) is 16.2. The first-order valence-electron chi connectivity index (χ1n) is 8.42. The summed E-state index contributed by atoms with van der Waals surface area (Å²) in [6, 6.07) is 4.26. The van der Waals surface area contributed by atoms with Crippen LogP contribution in [0.3, 0.4) is 0 Å². The molecule has 3 heterocycles. The van der Waals surface area contributed by atoms with E-state index in [0.717, 1.165) is 38.5 Å². The molecule has 0 aromatic carbocycles. The molecule has 1 saturated heterocycles. The number of nitrogens with zero attached hydrogens (tertiary/aromatic N) is 4. The maximum absolute atomic E-state index is 12.3. The highest BCUT2D eigenvalue weighted by Gasteiger charge is 2.21. The number of imidazole rings is 1. The monoisotopic (exact) mass is 347 g/mol. The molecule has 0 spiro atoms. The van der Waals surface area contributed by atoms with E-state index in [1.807, 2.05) is 24.2 Å². The molecule has 2 aromatic heterocycles. The van der Waals surface area contributed by atoms with Gasteiger partial charge in [0.05, 0.1) is 5.00 Å². The lowest BCUT2D eigenvalue weighted by molar-refractivity contribution is 0.192. The quantitative estimate of drug-likeness (QED) is 0.904. The first-order valence-corrected chi connectivity index (χ1v) is 9.30. The van der Waals surface area contributed by atoms with Crippen molar-refractivity contribution in [2.45, 2.75) is 20.4 Å². The predicted molar refractivity (Wildman–Crippen MR) is 97.6 cm³/mol. The third-order valence-electron chi connectivity index (χ3n) is 4.42. The Kier molecular flexibility index (Phi) is 5.40. The van der Waals surface area contributed by atoms with Gasteiger partial charge in [0.1, 0.15) is 5.82 Å². The number of anilines is 1. The molecule has 2 amide bonds.